The zero-order valence-electron chi connectivity index (χ0n) is 10.6. The van der Waals surface area contributed by atoms with Crippen LogP contribution in [0.1, 0.15) is 31.9 Å². The second kappa shape index (κ2) is 4.62. The SMILES string of the molecule is CC(C)(C)C(O)Cc1cc(Br)cc2c1OCC2. The minimum absolute atomic E-state index is 0.103. The average molecular weight is 299 g/mol. The summed E-state index contributed by atoms with van der Waals surface area (Å²) in [4.78, 5) is 0. The number of halogens is 1. The summed E-state index contributed by atoms with van der Waals surface area (Å²) in [5, 5.41) is 10.2. The maximum absolute atomic E-state index is 10.2. The van der Waals surface area contributed by atoms with Crippen molar-refractivity contribution in [2.24, 2.45) is 5.41 Å². The monoisotopic (exact) mass is 298 g/mol. The molecule has 0 amide bonds. The molecule has 0 fully saturated rings. The largest absolute Gasteiger partial charge is 0.493 e. The molecule has 0 saturated heterocycles. The summed E-state index contributed by atoms with van der Waals surface area (Å²) in [5.41, 5.74) is 2.25. The Hall–Kier alpha value is -0.540. The first kappa shape index (κ1) is 12.9. The topological polar surface area (TPSA) is 29.5 Å². The number of hydrogen-bond donors (Lipinski definition) is 1. The van der Waals surface area contributed by atoms with Gasteiger partial charge in [-0.15, -0.1) is 0 Å². The number of aliphatic hydroxyl groups is 1. The minimum Gasteiger partial charge on any atom is -0.493 e. The second-order valence-electron chi connectivity index (χ2n) is 5.74. The van der Waals surface area contributed by atoms with Crippen molar-refractivity contribution < 1.29 is 9.84 Å². The van der Waals surface area contributed by atoms with E-state index in [0.29, 0.717) is 6.42 Å². The normalized spacial score (nSPS) is 16.5. The summed E-state index contributed by atoms with van der Waals surface area (Å²) in [6.45, 7) is 6.91. The van der Waals surface area contributed by atoms with Crippen molar-refractivity contribution in [3.8, 4) is 5.75 Å². The van der Waals surface area contributed by atoms with E-state index in [0.717, 1.165) is 28.8 Å². The zero-order chi connectivity index (χ0) is 12.6. The third-order valence-corrected chi connectivity index (χ3v) is 3.70. The van der Waals surface area contributed by atoms with Crippen molar-refractivity contribution in [3.05, 3.63) is 27.7 Å². The van der Waals surface area contributed by atoms with E-state index >= 15 is 0 Å². The molecule has 1 aliphatic rings. The van der Waals surface area contributed by atoms with Gasteiger partial charge in [0.05, 0.1) is 12.7 Å². The Morgan fingerprint density at radius 3 is 2.76 bits per heavy atom. The first-order valence-corrected chi connectivity index (χ1v) is 6.79. The number of aliphatic hydroxyl groups excluding tert-OH is 1. The lowest BCUT2D eigenvalue weighted by atomic mass is 9.85. The van der Waals surface area contributed by atoms with E-state index in [2.05, 4.69) is 48.8 Å². The Morgan fingerprint density at radius 2 is 2.12 bits per heavy atom. The van der Waals surface area contributed by atoms with Gasteiger partial charge >= 0.3 is 0 Å². The van der Waals surface area contributed by atoms with Crippen LogP contribution in [-0.2, 0) is 12.8 Å². The van der Waals surface area contributed by atoms with Crippen molar-refractivity contribution in [1.82, 2.24) is 0 Å². The van der Waals surface area contributed by atoms with Crippen LogP contribution in [0.2, 0.25) is 0 Å². The molecule has 2 nitrogen and oxygen atoms in total. The van der Waals surface area contributed by atoms with Gasteiger partial charge in [0.1, 0.15) is 5.75 Å². The Kier molecular flexibility index (Phi) is 3.50. The molecule has 17 heavy (non-hydrogen) atoms. The van der Waals surface area contributed by atoms with Gasteiger partial charge < -0.3 is 9.84 Å². The van der Waals surface area contributed by atoms with Gasteiger partial charge in [-0.3, -0.25) is 0 Å². The predicted molar refractivity (Wildman–Crippen MR) is 72.5 cm³/mol. The van der Waals surface area contributed by atoms with Crippen molar-refractivity contribution in [2.45, 2.75) is 39.7 Å². The smallest absolute Gasteiger partial charge is 0.125 e. The zero-order valence-corrected chi connectivity index (χ0v) is 12.2. The molecular formula is C14H19BrO2. The van der Waals surface area contributed by atoms with Gasteiger partial charge in [0.25, 0.3) is 0 Å². The van der Waals surface area contributed by atoms with Crippen LogP contribution in [0.5, 0.6) is 5.75 Å². The van der Waals surface area contributed by atoms with E-state index < -0.39 is 0 Å². The molecule has 2 rings (SSSR count). The molecule has 0 radical (unpaired) electrons. The lowest BCUT2D eigenvalue weighted by Crippen LogP contribution is -2.28. The molecule has 0 aromatic heterocycles. The van der Waals surface area contributed by atoms with Gasteiger partial charge in [0, 0.05) is 17.3 Å². The fourth-order valence-corrected chi connectivity index (χ4v) is 2.56. The molecule has 1 unspecified atom stereocenters. The van der Waals surface area contributed by atoms with E-state index in [1.807, 2.05) is 0 Å². The highest BCUT2D eigenvalue weighted by Crippen LogP contribution is 2.35. The quantitative estimate of drug-likeness (QED) is 0.907. The van der Waals surface area contributed by atoms with Crippen LogP contribution in [-0.4, -0.2) is 17.8 Å². The lowest BCUT2D eigenvalue weighted by molar-refractivity contribution is 0.0630. The molecule has 1 N–H and O–H groups in total. The Labute approximate surface area is 111 Å². The highest BCUT2D eigenvalue weighted by atomic mass is 79.9. The van der Waals surface area contributed by atoms with Gasteiger partial charge in [-0.05, 0) is 28.7 Å². The molecule has 0 spiro atoms. The Morgan fingerprint density at radius 1 is 1.41 bits per heavy atom. The van der Waals surface area contributed by atoms with E-state index in [-0.39, 0.29) is 11.5 Å². The summed E-state index contributed by atoms with van der Waals surface area (Å²) >= 11 is 3.52. The molecule has 1 aromatic carbocycles. The molecule has 0 bridgehead atoms. The van der Waals surface area contributed by atoms with E-state index in [4.69, 9.17) is 4.74 Å². The summed E-state index contributed by atoms with van der Waals surface area (Å²) in [6.07, 6.45) is 1.25. The molecule has 0 aliphatic carbocycles. The molecule has 3 heteroatoms. The van der Waals surface area contributed by atoms with E-state index in [9.17, 15) is 5.11 Å². The number of benzene rings is 1. The van der Waals surface area contributed by atoms with E-state index in [1.165, 1.54) is 5.56 Å². The van der Waals surface area contributed by atoms with Crippen molar-refractivity contribution in [3.63, 3.8) is 0 Å². The second-order valence-corrected chi connectivity index (χ2v) is 6.65. The standard InChI is InChI=1S/C14H19BrO2/c1-14(2,3)12(16)8-10-7-11(15)6-9-4-5-17-13(9)10/h6-7,12,16H,4-5,8H2,1-3H3. The fraction of sp³-hybridized carbons (Fsp3) is 0.571. The Balaban J connectivity index is 2.27. The van der Waals surface area contributed by atoms with Gasteiger partial charge in [-0.25, -0.2) is 0 Å². The van der Waals surface area contributed by atoms with Crippen LogP contribution >= 0.6 is 15.9 Å². The highest BCUT2D eigenvalue weighted by molar-refractivity contribution is 9.10. The van der Waals surface area contributed by atoms with E-state index in [1.54, 1.807) is 0 Å². The molecule has 1 heterocycles. The minimum atomic E-state index is -0.356. The van der Waals surface area contributed by atoms with Crippen molar-refractivity contribution in [2.75, 3.05) is 6.61 Å². The van der Waals surface area contributed by atoms with Gasteiger partial charge in [0.2, 0.25) is 0 Å². The number of fused-ring (bicyclic) bond motifs is 1. The summed E-state index contributed by atoms with van der Waals surface area (Å²) in [7, 11) is 0. The number of ether oxygens (including phenoxy) is 1. The van der Waals surface area contributed by atoms with Gasteiger partial charge in [-0.2, -0.15) is 0 Å². The van der Waals surface area contributed by atoms with Crippen LogP contribution in [0.3, 0.4) is 0 Å². The average Bonchev–Trinajstić information content (AvgIpc) is 2.63. The number of rotatable bonds is 2. The predicted octanol–water partition coefficient (Wildman–Crippen LogP) is 3.33. The summed E-state index contributed by atoms with van der Waals surface area (Å²) in [6, 6.07) is 4.16. The van der Waals surface area contributed by atoms with Gasteiger partial charge in [0.15, 0.2) is 0 Å². The number of hydrogen-bond acceptors (Lipinski definition) is 2. The summed E-state index contributed by atoms with van der Waals surface area (Å²) in [5.74, 6) is 0.983. The van der Waals surface area contributed by atoms with Crippen LogP contribution in [0.4, 0.5) is 0 Å². The molecule has 0 saturated carbocycles. The highest BCUT2D eigenvalue weighted by Gasteiger charge is 2.25. The van der Waals surface area contributed by atoms with Gasteiger partial charge in [-0.1, -0.05) is 36.7 Å². The third-order valence-electron chi connectivity index (χ3n) is 3.24. The summed E-state index contributed by atoms with van der Waals surface area (Å²) < 4.78 is 6.73. The molecule has 1 aromatic rings. The first-order chi connectivity index (χ1) is 7.88. The maximum atomic E-state index is 10.2. The lowest BCUT2D eigenvalue weighted by Gasteiger charge is -2.26. The Bertz CT molecular complexity index is 421. The third kappa shape index (κ3) is 2.83. The first-order valence-electron chi connectivity index (χ1n) is 6.00. The fourth-order valence-electron chi connectivity index (χ4n) is 2.01. The molecule has 94 valence electrons. The van der Waals surface area contributed by atoms with Crippen LogP contribution in [0.25, 0.3) is 0 Å². The van der Waals surface area contributed by atoms with Crippen LogP contribution in [0.15, 0.2) is 16.6 Å². The molecule has 1 atom stereocenters. The molecular weight excluding hydrogens is 280 g/mol. The van der Waals surface area contributed by atoms with Crippen LogP contribution in [0, 0.1) is 5.41 Å². The van der Waals surface area contributed by atoms with Crippen molar-refractivity contribution in [1.29, 1.82) is 0 Å². The van der Waals surface area contributed by atoms with Crippen molar-refractivity contribution >= 4 is 15.9 Å². The maximum Gasteiger partial charge on any atom is 0.125 e. The van der Waals surface area contributed by atoms with Crippen LogP contribution < -0.4 is 4.74 Å². The molecule has 1 aliphatic heterocycles.